The molecule has 3 aromatic rings. The second-order valence-electron chi connectivity index (χ2n) is 7.33. The van der Waals surface area contributed by atoms with Crippen molar-refractivity contribution >= 4 is 17.8 Å². The SMILES string of the molecule is COc1cc(/C=C2\CN(Cc3ccccc3)C(=O)C2=O)ccc1OCc1ccccc1. The number of amides is 1. The Hall–Kier alpha value is -3.86. The third kappa shape index (κ3) is 4.83. The molecule has 5 heteroatoms. The smallest absolute Gasteiger partial charge is 0.295 e. The zero-order valence-electron chi connectivity index (χ0n) is 17.3. The summed E-state index contributed by atoms with van der Waals surface area (Å²) in [5.74, 6) is 0.264. The van der Waals surface area contributed by atoms with Gasteiger partial charge in [0.25, 0.3) is 5.91 Å². The fraction of sp³-hybridized carbons (Fsp3) is 0.154. The van der Waals surface area contributed by atoms with Crippen LogP contribution in [-0.4, -0.2) is 30.2 Å². The van der Waals surface area contributed by atoms with Gasteiger partial charge in [-0.25, -0.2) is 0 Å². The lowest BCUT2D eigenvalue weighted by Gasteiger charge is -2.14. The number of ketones is 1. The first kappa shape index (κ1) is 20.4. The van der Waals surface area contributed by atoms with Crippen molar-refractivity contribution in [3.8, 4) is 11.5 Å². The summed E-state index contributed by atoms with van der Waals surface area (Å²) in [6.07, 6.45) is 1.74. The molecule has 0 bridgehead atoms. The summed E-state index contributed by atoms with van der Waals surface area (Å²) in [5.41, 5.74) is 3.30. The lowest BCUT2D eigenvalue weighted by molar-refractivity contribution is -0.139. The molecule has 0 atom stereocenters. The number of carbonyl (C=O) groups excluding carboxylic acids is 2. The van der Waals surface area contributed by atoms with E-state index in [2.05, 4.69) is 0 Å². The molecule has 1 aliphatic rings. The Balaban J connectivity index is 1.48. The summed E-state index contributed by atoms with van der Waals surface area (Å²) in [7, 11) is 1.58. The van der Waals surface area contributed by atoms with Crippen LogP contribution in [0.2, 0.25) is 0 Å². The van der Waals surface area contributed by atoms with Crippen molar-refractivity contribution in [3.05, 3.63) is 101 Å². The minimum Gasteiger partial charge on any atom is -0.493 e. The Bertz CT molecular complexity index is 1110. The zero-order valence-corrected chi connectivity index (χ0v) is 17.3. The van der Waals surface area contributed by atoms with E-state index < -0.39 is 11.7 Å². The number of nitrogens with zero attached hydrogens (tertiary/aromatic N) is 1. The van der Waals surface area contributed by atoms with Crippen LogP contribution in [-0.2, 0) is 22.7 Å². The van der Waals surface area contributed by atoms with Crippen molar-refractivity contribution < 1.29 is 19.1 Å². The fourth-order valence-corrected chi connectivity index (χ4v) is 3.50. The van der Waals surface area contributed by atoms with Gasteiger partial charge in [0.1, 0.15) is 6.61 Å². The van der Waals surface area contributed by atoms with Crippen molar-refractivity contribution in [1.29, 1.82) is 0 Å². The van der Waals surface area contributed by atoms with E-state index >= 15 is 0 Å². The number of benzene rings is 3. The van der Waals surface area contributed by atoms with E-state index in [4.69, 9.17) is 9.47 Å². The number of hydrogen-bond acceptors (Lipinski definition) is 4. The van der Waals surface area contributed by atoms with E-state index in [1.165, 1.54) is 0 Å². The highest BCUT2D eigenvalue weighted by molar-refractivity contribution is 6.45. The van der Waals surface area contributed by atoms with Crippen LogP contribution in [0.3, 0.4) is 0 Å². The van der Waals surface area contributed by atoms with Gasteiger partial charge in [0.15, 0.2) is 11.5 Å². The number of carbonyl (C=O) groups is 2. The van der Waals surface area contributed by atoms with Gasteiger partial charge < -0.3 is 14.4 Å². The molecule has 1 aliphatic heterocycles. The molecule has 0 N–H and O–H groups in total. The van der Waals surface area contributed by atoms with E-state index in [1.54, 1.807) is 18.1 Å². The molecule has 0 radical (unpaired) electrons. The summed E-state index contributed by atoms with van der Waals surface area (Å²) in [6, 6.07) is 25.0. The first-order valence-electron chi connectivity index (χ1n) is 10.1. The maximum Gasteiger partial charge on any atom is 0.295 e. The largest absolute Gasteiger partial charge is 0.493 e. The van der Waals surface area contributed by atoms with Crippen LogP contribution < -0.4 is 9.47 Å². The van der Waals surface area contributed by atoms with E-state index in [-0.39, 0.29) is 0 Å². The third-order valence-corrected chi connectivity index (χ3v) is 5.12. The molecular formula is C26H23NO4. The predicted octanol–water partition coefficient (Wildman–Crippen LogP) is 4.27. The Labute approximate surface area is 181 Å². The van der Waals surface area contributed by atoms with Gasteiger partial charge in [0.2, 0.25) is 5.78 Å². The molecule has 156 valence electrons. The van der Waals surface area contributed by atoms with Crippen molar-refractivity contribution in [2.75, 3.05) is 13.7 Å². The summed E-state index contributed by atoms with van der Waals surface area (Å²) in [5, 5.41) is 0. The number of Topliss-reactive ketones (excluding diaryl/α,β-unsaturated/α-hetero) is 1. The Kier molecular flexibility index (Phi) is 6.13. The Morgan fingerprint density at radius 2 is 1.55 bits per heavy atom. The first-order valence-corrected chi connectivity index (χ1v) is 10.1. The van der Waals surface area contributed by atoms with Crippen LogP contribution in [0.1, 0.15) is 16.7 Å². The van der Waals surface area contributed by atoms with E-state index in [9.17, 15) is 9.59 Å². The molecular weight excluding hydrogens is 390 g/mol. The van der Waals surface area contributed by atoms with Crippen molar-refractivity contribution in [3.63, 3.8) is 0 Å². The number of rotatable bonds is 7. The minimum absolute atomic E-state index is 0.293. The number of likely N-dealkylation sites (tertiary alicyclic amines) is 1. The van der Waals surface area contributed by atoms with Crippen LogP contribution in [0.15, 0.2) is 84.4 Å². The highest BCUT2D eigenvalue weighted by atomic mass is 16.5. The average Bonchev–Trinajstić information content (AvgIpc) is 3.07. The fourth-order valence-electron chi connectivity index (χ4n) is 3.50. The summed E-state index contributed by atoms with van der Waals surface area (Å²) in [6.45, 7) is 1.14. The predicted molar refractivity (Wildman–Crippen MR) is 119 cm³/mol. The van der Waals surface area contributed by atoms with Crippen molar-refractivity contribution in [2.45, 2.75) is 13.2 Å². The normalized spacial score (nSPS) is 14.9. The van der Waals surface area contributed by atoms with Gasteiger partial charge in [0.05, 0.1) is 13.7 Å². The molecule has 0 saturated carbocycles. The Morgan fingerprint density at radius 1 is 0.871 bits per heavy atom. The molecule has 0 aliphatic carbocycles. The third-order valence-electron chi connectivity index (χ3n) is 5.12. The minimum atomic E-state index is -0.468. The van der Waals surface area contributed by atoms with Gasteiger partial charge in [-0.05, 0) is 34.9 Å². The standard InChI is InChI=1S/C26H23NO4/c1-30-24-15-21(12-13-23(24)31-18-20-10-6-3-7-11-20)14-22-17-27(26(29)25(22)28)16-19-8-4-2-5-9-19/h2-15H,16-18H2,1H3/b22-14+. The summed E-state index contributed by atoms with van der Waals surface area (Å²) in [4.78, 5) is 26.4. The first-order chi connectivity index (χ1) is 15.1. The van der Waals surface area contributed by atoms with Gasteiger partial charge in [0, 0.05) is 12.1 Å². The lowest BCUT2D eigenvalue weighted by atomic mass is 10.1. The molecule has 1 heterocycles. The van der Waals surface area contributed by atoms with Crippen molar-refractivity contribution in [2.24, 2.45) is 0 Å². The molecule has 4 rings (SSSR count). The van der Waals surface area contributed by atoms with Crippen LogP contribution in [0.5, 0.6) is 11.5 Å². The molecule has 3 aromatic carbocycles. The molecule has 0 aromatic heterocycles. The number of ether oxygens (including phenoxy) is 2. The maximum atomic E-state index is 12.5. The van der Waals surface area contributed by atoms with Crippen LogP contribution in [0.4, 0.5) is 0 Å². The highest BCUT2D eigenvalue weighted by Gasteiger charge is 2.33. The van der Waals surface area contributed by atoms with Crippen molar-refractivity contribution in [1.82, 2.24) is 4.90 Å². The molecule has 1 saturated heterocycles. The molecule has 0 unspecified atom stereocenters. The van der Waals surface area contributed by atoms with Crippen LogP contribution in [0.25, 0.3) is 6.08 Å². The molecule has 5 nitrogen and oxygen atoms in total. The quantitative estimate of drug-likeness (QED) is 0.429. The van der Waals surface area contributed by atoms with Gasteiger partial charge in [-0.1, -0.05) is 66.7 Å². The van der Waals surface area contributed by atoms with E-state index in [0.717, 1.165) is 16.7 Å². The second kappa shape index (κ2) is 9.30. The topological polar surface area (TPSA) is 55.8 Å². The van der Waals surface area contributed by atoms with Gasteiger partial charge in [-0.3, -0.25) is 9.59 Å². The number of methoxy groups -OCH3 is 1. The number of hydrogen-bond donors (Lipinski definition) is 0. The molecule has 31 heavy (non-hydrogen) atoms. The van der Waals surface area contributed by atoms with Gasteiger partial charge in [-0.2, -0.15) is 0 Å². The second-order valence-corrected chi connectivity index (χ2v) is 7.33. The molecule has 0 spiro atoms. The van der Waals surface area contributed by atoms with Crippen LogP contribution in [0, 0.1) is 0 Å². The summed E-state index contributed by atoms with van der Waals surface area (Å²) < 4.78 is 11.4. The van der Waals surface area contributed by atoms with Crippen LogP contribution >= 0.6 is 0 Å². The van der Waals surface area contributed by atoms with Gasteiger partial charge >= 0.3 is 0 Å². The Morgan fingerprint density at radius 3 is 2.23 bits per heavy atom. The monoisotopic (exact) mass is 413 g/mol. The molecule has 1 amide bonds. The van der Waals surface area contributed by atoms with Gasteiger partial charge in [-0.15, -0.1) is 0 Å². The highest BCUT2D eigenvalue weighted by Crippen LogP contribution is 2.30. The van der Waals surface area contributed by atoms with E-state index in [1.807, 2.05) is 78.9 Å². The maximum absolute atomic E-state index is 12.5. The average molecular weight is 413 g/mol. The van der Waals surface area contributed by atoms with E-state index in [0.29, 0.717) is 36.8 Å². The zero-order chi connectivity index (χ0) is 21.6. The molecule has 1 fully saturated rings. The lowest BCUT2D eigenvalue weighted by Crippen LogP contribution is -2.26. The summed E-state index contributed by atoms with van der Waals surface area (Å²) >= 11 is 0.